The van der Waals surface area contributed by atoms with E-state index in [1.807, 2.05) is 6.92 Å². The molecule has 0 saturated carbocycles. The maximum atomic E-state index is 4.70. The van der Waals surface area contributed by atoms with Crippen LogP contribution in [0.3, 0.4) is 0 Å². The molecule has 6 heteroatoms. The predicted octanol–water partition coefficient (Wildman–Crippen LogP) is 3.15. The van der Waals surface area contributed by atoms with Crippen LogP contribution < -0.4 is 4.90 Å². The summed E-state index contributed by atoms with van der Waals surface area (Å²) in [5.74, 6) is 1.94. The van der Waals surface area contributed by atoms with Gasteiger partial charge in [-0.3, -0.25) is 0 Å². The number of H-pyrrole nitrogens is 1. The summed E-state index contributed by atoms with van der Waals surface area (Å²) in [7, 11) is 0. The number of fused-ring (bicyclic) bond motifs is 1. The van der Waals surface area contributed by atoms with Crippen LogP contribution in [0.2, 0.25) is 0 Å². The largest absolute Gasteiger partial charge is 0.412 e. The summed E-state index contributed by atoms with van der Waals surface area (Å²) < 4.78 is 0. The number of nitrogens with one attached hydrogen (secondary N) is 1. The molecule has 2 aromatic rings. The molecule has 0 aromatic carbocycles. The van der Waals surface area contributed by atoms with Crippen molar-refractivity contribution < 1.29 is 5.48 Å². The minimum atomic E-state index is 0. The smallest absolute Gasteiger partial charge is 0.156 e. The highest BCUT2D eigenvalue weighted by molar-refractivity contribution is 5.87. The average molecular weight is 327 g/mol. The van der Waals surface area contributed by atoms with Crippen molar-refractivity contribution in [2.45, 2.75) is 52.4 Å². The van der Waals surface area contributed by atoms with E-state index in [4.69, 9.17) is 4.98 Å². The number of nitrogens with zero attached hydrogens (tertiary/aromatic N) is 3. The fraction of sp³-hybridized carbons (Fsp3) is 0.625. The zero-order chi connectivity index (χ0) is 14.3. The van der Waals surface area contributed by atoms with Gasteiger partial charge in [0.25, 0.3) is 0 Å². The molecule has 1 fully saturated rings. The highest BCUT2D eigenvalue weighted by Crippen LogP contribution is 2.30. The van der Waals surface area contributed by atoms with E-state index in [0.29, 0.717) is 0 Å². The second-order valence-electron chi connectivity index (χ2n) is 6.84. The summed E-state index contributed by atoms with van der Waals surface area (Å²) in [6.07, 6.45) is 3.86. The first-order valence-electron chi connectivity index (χ1n) is 7.58. The topological polar surface area (TPSA) is 76.3 Å². The molecule has 5 nitrogen and oxygen atoms in total. The van der Waals surface area contributed by atoms with Gasteiger partial charge in [-0.1, -0.05) is 20.8 Å². The van der Waals surface area contributed by atoms with Crippen molar-refractivity contribution >= 4 is 29.3 Å². The molecule has 0 atom stereocenters. The Labute approximate surface area is 138 Å². The number of halogens is 1. The molecule has 0 aliphatic carbocycles. The summed E-state index contributed by atoms with van der Waals surface area (Å²) in [5.41, 5.74) is 3.48. The van der Waals surface area contributed by atoms with Gasteiger partial charge in [-0.2, -0.15) is 0 Å². The van der Waals surface area contributed by atoms with Crippen LogP contribution in [-0.4, -0.2) is 33.5 Å². The Morgan fingerprint density at radius 1 is 1.09 bits per heavy atom. The summed E-state index contributed by atoms with van der Waals surface area (Å²) >= 11 is 0. The van der Waals surface area contributed by atoms with Gasteiger partial charge in [0, 0.05) is 24.2 Å². The quantitative estimate of drug-likeness (QED) is 0.874. The van der Waals surface area contributed by atoms with Crippen LogP contribution in [0.5, 0.6) is 0 Å². The number of hydrogen-bond acceptors (Lipinski definition) is 3. The SMILES string of the molecule is Cc1nc(N2CCCCC2)c2[nH]c(C(C)(C)C)cc2n1.Cl.O. The average Bonchev–Trinajstić information content (AvgIpc) is 2.82. The van der Waals surface area contributed by atoms with Crippen LogP contribution in [0.4, 0.5) is 5.82 Å². The zero-order valence-electron chi connectivity index (χ0n) is 13.9. The molecule has 0 radical (unpaired) electrons. The van der Waals surface area contributed by atoms with Crippen molar-refractivity contribution in [3.63, 3.8) is 0 Å². The van der Waals surface area contributed by atoms with Gasteiger partial charge in [0.2, 0.25) is 0 Å². The first-order chi connectivity index (χ1) is 9.45. The van der Waals surface area contributed by atoms with E-state index in [-0.39, 0.29) is 23.3 Å². The minimum absolute atomic E-state index is 0. The Morgan fingerprint density at radius 2 is 1.73 bits per heavy atom. The molecule has 124 valence electrons. The Bertz CT molecular complexity index is 627. The van der Waals surface area contributed by atoms with E-state index in [1.54, 1.807) is 0 Å². The molecular formula is C16H27ClN4O. The molecule has 0 amide bonds. The Morgan fingerprint density at radius 3 is 2.32 bits per heavy atom. The lowest BCUT2D eigenvalue weighted by molar-refractivity contribution is 0.570. The fourth-order valence-corrected chi connectivity index (χ4v) is 2.85. The number of aromatic amines is 1. The third-order valence-corrected chi connectivity index (χ3v) is 4.03. The number of piperidine rings is 1. The summed E-state index contributed by atoms with van der Waals surface area (Å²) in [6.45, 7) is 10.9. The molecule has 3 heterocycles. The first-order valence-corrected chi connectivity index (χ1v) is 7.58. The lowest BCUT2D eigenvalue weighted by Crippen LogP contribution is -2.30. The number of aromatic nitrogens is 3. The molecule has 2 aromatic heterocycles. The van der Waals surface area contributed by atoms with E-state index >= 15 is 0 Å². The van der Waals surface area contributed by atoms with Crippen LogP contribution in [0.25, 0.3) is 11.0 Å². The van der Waals surface area contributed by atoms with Gasteiger partial charge in [-0.05, 0) is 32.3 Å². The molecule has 3 N–H and O–H groups in total. The van der Waals surface area contributed by atoms with Gasteiger partial charge in [-0.15, -0.1) is 12.4 Å². The molecule has 1 aliphatic rings. The Balaban J connectivity index is 0.00000121. The maximum Gasteiger partial charge on any atom is 0.156 e. The van der Waals surface area contributed by atoms with E-state index < -0.39 is 0 Å². The van der Waals surface area contributed by atoms with Crippen molar-refractivity contribution in [2.24, 2.45) is 0 Å². The van der Waals surface area contributed by atoms with E-state index in [9.17, 15) is 0 Å². The molecule has 0 unspecified atom stereocenters. The number of aryl methyl sites for hydroxylation is 1. The molecule has 22 heavy (non-hydrogen) atoms. The number of anilines is 1. The second kappa shape index (κ2) is 6.84. The highest BCUT2D eigenvalue weighted by atomic mass is 35.5. The van der Waals surface area contributed by atoms with Gasteiger partial charge in [-0.25, -0.2) is 9.97 Å². The van der Waals surface area contributed by atoms with Crippen molar-refractivity contribution in [1.82, 2.24) is 15.0 Å². The Kier molecular flexibility index (Phi) is 5.82. The van der Waals surface area contributed by atoms with E-state index in [1.165, 1.54) is 25.0 Å². The zero-order valence-corrected chi connectivity index (χ0v) is 14.7. The van der Waals surface area contributed by atoms with Crippen molar-refractivity contribution in [2.75, 3.05) is 18.0 Å². The fourth-order valence-electron chi connectivity index (χ4n) is 2.85. The van der Waals surface area contributed by atoms with Crippen molar-refractivity contribution in [1.29, 1.82) is 0 Å². The molecule has 1 aliphatic heterocycles. The van der Waals surface area contributed by atoms with Crippen LogP contribution >= 0.6 is 12.4 Å². The normalized spacial score (nSPS) is 15.4. The van der Waals surface area contributed by atoms with Gasteiger partial charge in [0.05, 0.1) is 5.52 Å². The van der Waals surface area contributed by atoms with Crippen molar-refractivity contribution in [3.8, 4) is 0 Å². The summed E-state index contributed by atoms with van der Waals surface area (Å²) in [5, 5.41) is 0. The standard InChI is InChI=1S/C16H24N4.ClH.H2O/c1-11-17-12-10-13(16(2,3)4)19-14(12)15(18-11)20-8-6-5-7-9-20;;/h10,19H,5-9H2,1-4H3;1H;1H2. The molecule has 3 rings (SSSR count). The molecule has 1 saturated heterocycles. The molecule has 0 bridgehead atoms. The van der Waals surface area contributed by atoms with Crippen molar-refractivity contribution in [3.05, 3.63) is 17.6 Å². The lowest BCUT2D eigenvalue weighted by Gasteiger charge is -2.28. The van der Waals surface area contributed by atoms with Gasteiger partial charge in [0.1, 0.15) is 11.3 Å². The monoisotopic (exact) mass is 326 g/mol. The number of hydrogen-bond donors (Lipinski definition) is 1. The molecular weight excluding hydrogens is 300 g/mol. The maximum absolute atomic E-state index is 4.70. The predicted molar refractivity (Wildman–Crippen MR) is 94.3 cm³/mol. The van der Waals surface area contributed by atoms with E-state index in [0.717, 1.165) is 35.8 Å². The minimum Gasteiger partial charge on any atom is -0.412 e. The van der Waals surface area contributed by atoms with Crippen LogP contribution in [0.1, 0.15) is 51.6 Å². The van der Waals surface area contributed by atoms with Crippen LogP contribution in [0.15, 0.2) is 6.07 Å². The Hall–Kier alpha value is -1.33. The van der Waals surface area contributed by atoms with Crippen LogP contribution in [0, 0.1) is 6.92 Å². The van der Waals surface area contributed by atoms with Gasteiger partial charge >= 0.3 is 0 Å². The highest BCUT2D eigenvalue weighted by Gasteiger charge is 2.21. The van der Waals surface area contributed by atoms with Gasteiger partial charge in [0.15, 0.2) is 5.82 Å². The molecule has 0 spiro atoms. The summed E-state index contributed by atoms with van der Waals surface area (Å²) in [6, 6.07) is 2.18. The lowest BCUT2D eigenvalue weighted by atomic mass is 9.93. The third-order valence-electron chi connectivity index (χ3n) is 4.03. The van der Waals surface area contributed by atoms with E-state index in [2.05, 4.69) is 41.7 Å². The number of rotatable bonds is 1. The second-order valence-corrected chi connectivity index (χ2v) is 6.84. The van der Waals surface area contributed by atoms with Crippen LogP contribution in [-0.2, 0) is 5.41 Å². The third kappa shape index (κ3) is 3.52. The summed E-state index contributed by atoms with van der Waals surface area (Å²) in [4.78, 5) is 15.3. The van der Waals surface area contributed by atoms with Gasteiger partial charge < -0.3 is 15.4 Å². The first kappa shape index (κ1) is 18.7.